The van der Waals surface area contributed by atoms with Crippen LogP contribution in [0.4, 0.5) is 17.1 Å². The first-order valence-electron chi connectivity index (χ1n) is 41.2. The highest BCUT2D eigenvalue weighted by molar-refractivity contribution is 6.22. The molecule has 0 aliphatic heterocycles. The molecule has 14 rings (SSSR count). The van der Waals surface area contributed by atoms with Gasteiger partial charge in [0.25, 0.3) is 0 Å². The summed E-state index contributed by atoms with van der Waals surface area (Å²) in [5.41, 5.74) is 29.5. The Morgan fingerprint density at radius 2 is 0.539 bits per heavy atom. The minimum absolute atomic E-state index is 0.00262. The van der Waals surface area contributed by atoms with E-state index in [1.54, 1.807) is 22.3 Å². The number of unbranched alkanes of at least 4 members (excludes halogenated alkanes) is 18. The van der Waals surface area contributed by atoms with Gasteiger partial charge in [0.15, 0.2) is 0 Å². The number of hydrogen-bond donors (Lipinski definition) is 0. The van der Waals surface area contributed by atoms with Crippen LogP contribution in [-0.4, -0.2) is 0 Å². The van der Waals surface area contributed by atoms with E-state index >= 15 is 0 Å². The third-order valence-electron chi connectivity index (χ3n) is 25.1. The van der Waals surface area contributed by atoms with Crippen LogP contribution in [0.2, 0.25) is 0 Å². The van der Waals surface area contributed by atoms with Crippen LogP contribution in [0.5, 0.6) is 0 Å². The third kappa shape index (κ3) is 13.4. The lowest BCUT2D eigenvalue weighted by atomic mass is 9.70. The molecule has 0 spiro atoms. The molecule has 526 valence electrons. The van der Waals surface area contributed by atoms with Gasteiger partial charge in [-0.05, 0) is 222 Å². The molecule has 0 saturated carbocycles. The van der Waals surface area contributed by atoms with Crippen LogP contribution < -0.4 is 4.90 Å². The van der Waals surface area contributed by atoms with Gasteiger partial charge in [-0.25, -0.2) is 0 Å². The van der Waals surface area contributed by atoms with Gasteiger partial charge in [-0.15, -0.1) is 0 Å². The van der Waals surface area contributed by atoms with Crippen LogP contribution in [0.25, 0.3) is 88.0 Å². The predicted molar refractivity (Wildman–Crippen MR) is 445 cm³/mol. The predicted octanol–water partition coefficient (Wildman–Crippen LogP) is 31.2. The fraction of sp³-hybridized carbons (Fsp3) is 0.406. The summed E-state index contributed by atoms with van der Waals surface area (Å²) in [5, 5.41) is 7.78. The summed E-state index contributed by atoms with van der Waals surface area (Å²) >= 11 is 0. The number of fused-ring (bicyclic) bond motifs is 12. The molecule has 0 amide bonds. The maximum atomic E-state index is 2.70. The number of anilines is 3. The third-order valence-corrected chi connectivity index (χ3v) is 25.1. The quantitative estimate of drug-likeness (QED) is 0.0283. The fourth-order valence-corrected chi connectivity index (χ4v) is 19.8. The Kier molecular flexibility index (Phi) is 22.2. The van der Waals surface area contributed by atoms with Crippen molar-refractivity contribution in [1.29, 1.82) is 0 Å². The largest absolute Gasteiger partial charge is 0.310 e. The second-order valence-corrected chi connectivity index (χ2v) is 31.9. The minimum Gasteiger partial charge on any atom is -0.310 e. The van der Waals surface area contributed by atoms with Crippen LogP contribution in [-0.2, 0) is 16.2 Å². The Morgan fingerprint density at radius 3 is 1.00 bits per heavy atom. The van der Waals surface area contributed by atoms with Gasteiger partial charge in [-0.2, -0.15) is 0 Å². The summed E-state index contributed by atoms with van der Waals surface area (Å²) in [5.74, 6) is 0. The fourth-order valence-electron chi connectivity index (χ4n) is 19.8. The first-order chi connectivity index (χ1) is 50.1. The van der Waals surface area contributed by atoms with E-state index in [1.807, 2.05) is 0 Å². The zero-order valence-electron chi connectivity index (χ0n) is 63.7. The monoisotopic (exact) mass is 1340 g/mol. The maximum absolute atomic E-state index is 2.70. The van der Waals surface area contributed by atoms with E-state index in [0.29, 0.717) is 0 Å². The summed E-state index contributed by atoms with van der Waals surface area (Å²) in [7, 11) is 0. The Labute approximate surface area is 615 Å². The van der Waals surface area contributed by atoms with Gasteiger partial charge in [0, 0.05) is 33.3 Å². The van der Waals surface area contributed by atoms with Crippen LogP contribution in [0.15, 0.2) is 200 Å². The first-order valence-corrected chi connectivity index (χ1v) is 41.2. The van der Waals surface area contributed by atoms with Crippen molar-refractivity contribution in [2.45, 2.75) is 264 Å². The highest BCUT2D eigenvalue weighted by Gasteiger charge is 2.46. The molecule has 0 N–H and O–H groups in total. The minimum atomic E-state index is -0.0396. The van der Waals surface area contributed by atoms with Crippen molar-refractivity contribution < 1.29 is 0 Å². The Balaban J connectivity index is 0.879. The van der Waals surface area contributed by atoms with Gasteiger partial charge in [-0.1, -0.05) is 358 Å². The van der Waals surface area contributed by atoms with Gasteiger partial charge in [-0.3, -0.25) is 0 Å². The molecule has 0 atom stereocenters. The normalized spacial score (nSPS) is 14.1. The summed E-state index contributed by atoms with van der Waals surface area (Å²) in [6, 6.07) is 80.8. The molecule has 1 heteroatoms. The van der Waals surface area contributed by atoms with Gasteiger partial charge >= 0.3 is 0 Å². The van der Waals surface area contributed by atoms with E-state index in [-0.39, 0.29) is 16.2 Å². The summed E-state index contributed by atoms with van der Waals surface area (Å²) in [6.07, 6.45) is 38.2. The molecule has 0 heterocycles. The molecular weight excluding hydrogens is 1230 g/mol. The summed E-state index contributed by atoms with van der Waals surface area (Å²) in [4.78, 5) is 2.65. The molecule has 1 nitrogen and oxygen atoms in total. The average molecular weight is 1350 g/mol. The van der Waals surface area contributed by atoms with E-state index in [2.05, 4.69) is 260 Å². The Bertz CT molecular complexity index is 4520. The Morgan fingerprint density at radius 1 is 0.235 bits per heavy atom. The summed E-state index contributed by atoms with van der Waals surface area (Å²) in [6.45, 7) is 18.8. The molecule has 0 fully saturated rings. The van der Waals surface area contributed by atoms with Crippen LogP contribution in [0.1, 0.15) is 279 Å². The number of rotatable bonds is 35. The van der Waals surface area contributed by atoms with E-state index in [1.165, 1.54) is 320 Å². The molecule has 0 unspecified atom stereocenters. The second-order valence-electron chi connectivity index (χ2n) is 31.9. The smallest absolute Gasteiger partial charge is 0.0468 e. The van der Waals surface area contributed by atoms with Gasteiger partial charge < -0.3 is 4.90 Å². The lowest BCUT2D eigenvalue weighted by molar-refractivity contribution is 0.397. The van der Waals surface area contributed by atoms with Crippen molar-refractivity contribution in [3.05, 3.63) is 245 Å². The van der Waals surface area contributed by atoms with Crippen molar-refractivity contribution in [3.63, 3.8) is 0 Å². The standard InChI is InChI=1S/C101H117N/c1-9-15-21-23-25-27-29-37-63-99(64-38-30-28-26-24-22-16-10-2)91-44-36-35-39-81(91)84-56-50-77(69-94(84)99)98-89-42-33-31-40-87(89)97(88-41-32-34-43-90(88)98)76-48-47-75-68-78(51-49-74(75)67-76)102(79-52-57-85-82-54-45-72(7)65-92(82)100(59-17-11-3,60-18-12-4)95(85)70-79)80-53-58-86-83-55-46-73(8)66-93(83)101(61-19-13-5,62-20-14-6)96(86)71-80/h31-36,39-58,65-71H,9-30,37-38,59-64H2,1-8H3. The molecule has 0 bridgehead atoms. The Hall–Kier alpha value is -8.00. The molecular formula is C101H117N. The van der Waals surface area contributed by atoms with E-state index < -0.39 is 0 Å². The lowest BCUT2D eigenvalue weighted by Gasteiger charge is -2.35. The van der Waals surface area contributed by atoms with E-state index in [9.17, 15) is 0 Å². The van der Waals surface area contributed by atoms with Gasteiger partial charge in [0.2, 0.25) is 0 Å². The van der Waals surface area contributed by atoms with E-state index in [0.717, 1.165) is 0 Å². The number of benzene rings is 11. The topological polar surface area (TPSA) is 3.24 Å². The van der Waals surface area contributed by atoms with Crippen molar-refractivity contribution in [2.24, 2.45) is 0 Å². The molecule has 0 radical (unpaired) electrons. The van der Waals surface area contributed by atoms with Crippen LogP contribution >= 0.6 is 0 Å². The zero-order valence-corrected chi connectivity index (χ0v) is 63.7. The molecule has 3 aliphatic rings. The molecule has 11 aromatic rings. The maximum Gasteiger partial charge on any atom is 0.0468 e. The molecule has 0 aromatic heterocycles. The molecule has 3 aliphatic carbocycles. The summed E-state index contributed by atoms with van der Waals surface area (Å²) < 4.78 is 0. The molecule has 102 heavy (non-hydrogen) atoms. The zero-order chi connectivity index (χ0) is 70.2. The number of aryl methyl sites for hydroxylation is 2. The van der Waals surface area contributed by atoms with Crippen molar-refractivity contribution in [2.75, 3.05) is 4.90 Å². The van der Waals surface area contributed by atoms with Crippen molar-refractivity contribution in [3.8, 4) is 55.6 Å². The molecule has 0 saturated heterocycles. The highest BCUT2D eigenvalue weighted by atomic mass is 15.1. The van der Waals surface area contributed by atoms with Gasteiger partial charge in [0.1, 0.15) is 0 Å². The number of hydrogen-bond acceptors (Lipinski definition) is 1. The lowest BCUT2D eigenvalue weighted by Crippen LogP contribution is -2.26. The first kappa shape index (κ1) is 71.0. The van der Waals surface area contributed by atoms with Crippen LogP contribution in [0.3, 0.4) is 0 Å². The van der Waals surface area contributed by atoms with Gasteiger partial charge in [0.05, 0.1) is 0 Å². The SMILES string of the molecule is CCCCCCCCCCC1(CCCCCCCCCC)c2ccccc2-c2ccc(-c3c4ccccc4c(-c4ccc5cc(N(c6ccc7c(c6)C(CCCC)(CCCC)c6cc(C)ccc6-7)c6ccc7c(c6)C(CCCC)(CCCC)c6cc(C)ccc6-7)ccc5c4)c4ccccc34)cc21. The second kappa shape index (κ2) is 31.9. The van der Waals surface area contributed by atoms with E-state index in [4.69, 9.17) is 0 Å². The number of nitrogens with zero attached hydrogens (tertiary/aromatic N) is 1. The average Bonchev–Trinajstić information content (AvgIpc) is 1.51. The van der Waals surface area contributed by atoms with Crippen LogP contribution in [0, 0.1) is 13.8 Å². The highest BCUT2D eigenvalue weighted by Crippen LogP contribution is 2.60. The van der Waals surface area contributed by atoms with Crippen molar-refractivity contribution >= 4 is 49.4 Å². The van der Waals surface area contributed by atoms with Crippen molar-refractivity contribution in [1.82, 2.24) is 0 Å². The molecule has 11 aromatic carbocycles.